The van der Waals surface area contributed by atoms with Crippen molar-refractivity contribution in [3.8, 4) is 0 Å². The Kier molecular flexibility index (Phi) is 6.21. The van der Waals surface area contributed by atoms with Crippen LogP contribution in [0.4, 0.5) is 0 Å². The number of fused-ring (bicyclic) bond motifs is 1. The second-order valence-electron chi connectivity index (χ2n) is 7.00. The first-order valence-electron chi connectivity index (χ1n) is 8.53. The number of hydrogen-bond acceptors (Lipinski definition) is 4. The lowest BCUT2D eigenvalue weighted by atomic mass is 10.1. The van der Waals surface area contributed by atoms with Gasteiger partial charge in [0.1, 0.15) is 15.9 Å². The highest BCUT2D eigenvalue weighted by Crippen LogP contribution is 2.25. The highest BCUT2D eigenvalue weighted by molar-refractivity contribution is 7.90. The van der Waals surface area contributed by atoms with E-state index in [1.54, 1.807) is 12.1 Å². The number of carbonyl (C=O) groups is 2. The summed E-state index contributed by atoms with van der Waals surface area (Å²) in [6, 6.07) is 6.46. The molecule has 1 aromatic rings. The van der Waals surface area contributed by atoms with Crippen molar-refractivity contribution in [1.82, 2.24) is 10.2 Å². The largest absolute Gasteiger partial charge is 0.354 e. The maximum absolute atomic E-state index is 12.6. The molecule has 1 N–H and O–H groups in total. The van der Waals surface area contributed by atoms with Crippen LogP contribution in [-0.2, 0) is 21.2 Å². The number of carbonyl (C=O) groups excluding carboxylic acids is 2. The molecule has 0 saturated heterocycles. The Bertz CT molecular complexity index is 743. The first kappa shape index (κ1) is 19.4. The van der Waals surface area contributed by atoms with Gasteiger partial charge in [-0.3, -0.25) is 9.59 Å². The van der Waals surface area contributed by atoms with E-state index in [0.717, 1.165) is 18.2 Å². The van der Waals surface area contributed by atoms with E-state index >= 15 is 0 Å². The molecular weight excluding hydrogens is 340 g/mol. The number of nitrogens with one attached hydrogen (secondary N) is 1. The lowest BCUT2D eigenvalue weighted by Crippen LogP contribution is -2.48. The topological polar surface area (TPSA) is 83.6 Å². The minimum atomic E-state index is -3.22. The Hall–Kier alpha value is -1.89. The monoisotopic (exact) mass is 366 g/mol. The summed E-state index contributed by atoms with van der Waals surface area (Å²) >= 11 is 0. The number of sulfone groups is 1. The van der Waals surface area contributed by atoms with Gasteiger partial charge in [-0.2, -0.15) is 0 Å². The summed E-state index contributed by atoms with van der Waals surface area (Å²) in [6.45, 7) is 4.98. The molecule has 0 spiro atoms. The normalized spacial score (nSPS) is 15.4. The van der Waals surface area contributed by atoms with Gasteiger partial charge in [0.2, 0.25) is 5.91 Å². The summed E-state index contributed by atoms with van der Waals surface area (Å²) in [5.74, 6) is -0.180. The van der Waals surface area contributed by atoms with Crippen molar-refractivity contribution in [3.05, 3.63) is 35.4 Å². The number of amides is 2. The molecule has 25 heavy (non-hydrogen) atoms. The first-order chi connectivity index (χ1) is 11.7. The molecule has 1 aromatic carbocycles. The molecule has 0 aliphatic carbocycles. The van der Waals surface area contributed by atoms with Gasteiger partial charge in [-0.15, -0.1) is 0 Å². The Labute approximate surface area is 149 Å². The Morgan fingerprint density at radius 3 is 2.52 bits per heavy atom. The molecular formula is C18H26N2O4S. The van der Waals surface area contributed by atoms with Gasteiger partial charge in [-0.1, -0.05) is 32.0 Å². The molecule has 6 nitrogen and oxygen atoms in total. The third-order valence-electron chi connectivity index (χ3n) is 4.31. The van der Waals surface area contributed by atoms with Crippen molar-refractivity contribution in [2.24, 2.45) is 5.92 Å². The van der Waals surface area contributed by atoms with Crippen molar-refractivity contribution in [3.63, 3.8) is 0 Å². The molecule has 0 radical (unpaired) electrons. The number of rotatable bonds is 8. The zero-order valence-electron chi connectivity index (χ0n) is 15.0. The zero-order valence-corrected chi connectivity index (χ0v) is 15.8. The van der Waals surface area contributed by atoms with Crippen molar-refractivity contribution in [1.29, 1.82) is 0 Å². The number of hydrogen-bond donors (Lipinski definition) is 1. The lowest BCUT2D eigenvalue weighted by Gasteiger charge is -2.27. The highest BCUT2D eigenvalue weighted by Gasteiger charge is 2.36. The van der Waals surface area contributed by atoms with Gasteiger partial charge in [-0.05, 0) is 30.4 Å². The fourth-order valence-electron chi connectivity index (χ4n) is 2.88. The maximum atomic E-state index is 12.6. The van der Waals surface area contributed by atoms with Crippen LogP contribution in [0.5, 0.6) is 0 Å². The van der Waals surface area contributed by atoms with Gasteiger partial charge in [0.05, 0.1) is 5.75 Å². The fourth-order valence-corrected chi connectivity index (χ4v) is 3.54. The molecule has 0 aromatic heterocycles. The second-order valence-corrected chi connectivity index (χ2v) is 9.26. The third kappa shape index (κ3) is 5.29. The quantitative estimate of drug-likeness (QED) is 0.758. The molecule has 138 valence electrons. The third-order valence-corrected chi connectivity index (χ3v) is 5.29. The van der Waals surface area contributed by atoms with E-state index in [2.05, 4.69) is 19.2 Å². The molecule has 0 bridgehead atoms. The van der Waals surface area contributed by atoms with Crippen LogP contribution in [0.15, 0.2) is 24.3 Å². The molecule has 2 rings (SSSR count). The predicted octanol–water partition coefficient (Wildman–Crippen LogP) is 1.61. The SMILES string of the molecule is CC(C)CCNC(=O)[C@@H](CCS(C)(=O)=O)N1Cc2ccccc2C1=O. The molecule has 0 saturated carbocycles. The summed E-state index contributed by atoms with van der Waals surface area (Å²) in [7, 11) is -3.22. The van der Waals surface area contributed by atoms with Crippen LogP contribution >= 0.6 is 0 Å². The fraction of sp³-hybridized carbons (Fsp3) is 0.556. The van der Waals surface area contributed by atoms with Crippen molar-refractivity contribution < 1.29 is 18.0 Å². The minimum absolute atomic E-state index is 0.103. The van der Waals surface area contributed by atoms with Gasteiger partial charge in [0.25, 0.3) is 5.91 Å². The van der Waals surface area contributed by atoms with Gasteiger partial charge >= 0.3 is 0 Å². The molecule has 1 aliphatic heterocycles. The summed E-state index contributed by atoms with van der Waals surface area (Å²) in [5, 5.41) is 2.85. The minimum Gasteiger partial charge on any atom is -0.354 e. The van der Waals surface area contributed by atoms with Crippen LogP contribution in [-0.4, -0.2) is 49.7 Å². The maximum Gasteiger partial charge on any atom is 0.255 e. The van der Waals surface area contributed by atoms with E-state index < -0.39 is 15.9 Å². The lowest BCUT2D eigenvalue weighted by molar-refractivity contribution is -0.125. The molecule has 0 fully saturated rings. The van der Waals surface area contributed by atoms with Crippen molar-refractivity contribution >= 4 is 21.7 Å². The van der Waals surface area contributed by atoms with Gasteiger partial charge in [0, 0.05) is 24.9 Å². The van der Waals surface area contributed by atoms with Gasteiger partial charge in [0.15, 0.2) is 0 Å². The smallest absolute Gasteiger partial charge is 0.255 e. The summed E-state index contributed by atoms with van der Waals surface area (Å²) in [5.41, 5.74) is 1.45. The van der Waals surface area contributed by atoms with E-state index in [1.165, 1.54) is 4.90 Å². The average Bonchev–Trinajstić information content (AvgIpc) is 2.84. The van der Waals surface area contributed by atoms with Gasteiger partial charge in [-0.25, -0.2) is 8.42 Å². The summed E-state index contributed by atoms with van der Waals surface area (Å²) < 4.78 is 23.1. The van der Waals surface area contributed by atoms with Crippen LogP contribution in [0.25, 0.3) is 0 Å². The molecule has 1 aliphatic rings. The van der Waals surface area contributed by atoms with E-state index in [0.29, 0.717) is 24.6 Å². The van der Waals surface area contributed by atoms with Crippen LogP contribution in [0, 0.1) is 5.92 Å². The van der Waals surface area contributed by atoms with E-state index in [9.17, 15) is 18.0 Å². The predicted molar refractivity (Wildman–Crippen MR) is 96.9 cm³/mol. The number of nitrogens with zero attached hydrogens (tertiary/aromatic N) is 1. The molecule has 1 heterocycles. The molecule has 2 amide bonds. The summed E-state index contributed by atoms with van der Waals surface area (Å²) in [4.78, 5) is 26.8. The highest BCUT2D eigenvalue weighted by atomic mass is 32.2. The van der Waals surface area contributed by atoms with E-state index in [-0.39, 0.29) is 24.0 Å². The first-order valence-corrected chi connectivity index (χ1v) is 10.6. The van der Waals surface area contributed by atoms with Crippen LogP contribution in [0.2, 0.25) is 0 Å². The van der Waals surface area contributed by atoms with Crippen LogP contribution in [0.3, 0.4) is 0 Å². The molecule has 1 atom stereocenters. The van der Waals surface area contributed by atoms with Crippen molar-refractivity contribution in [2.75, 3.05) is 18.6 Å². The Balaban J connectivity index is 2.14. The Morgan fingerprint density at radius 1 is 1.24 bits per heavy atom. The van der Waals surface area contributed by atoms with Crippen molar-refractivity contribution in [2.45, 2.75) is 39.3 Å². The van der Waals surface area contributed by atoms with Crippen LogP contribution in [0.1, 0.15) is 42.6 Å². The van der Waals surface area contributed by atoms with Crippen LogP contribution < -0.4 is 5.32 Å². The average molecular weight is 366 g/mol. The zero-order chi connectivity index (χ0) is 18.6. The standard InChI is InChI=1S/C18H26N2O4S/c1-13(2)8-10-19-17(21)16(9-11-25(3,23)24)20-12-14-6-4-5-7-15(14)18(20)22/h4-7,13,16H,8-12H2,1-3H3,(H,19,21)/t16-/m1/s1. The van der Waals surface area contributed by atoms with E-state index in [4.69, 9.17) is 0 Å². The number of benzene rings is 1. The summed E-state index contributed by atoms with van der Waals surface area (Å²) in [6.07, 6.45) is 2.08. The molecule has 7 heteroatoms. The second kappa shape index (κ2) is 7.99. The Morgan fingerprint density at radius 2 is 1.92 bits per heavy atom. The molecule has 0 unspecified atom stereocenters. The van der Waals surface area contributed by atoms with E-state index in [1.807, 2.05) is 12.1 Å². The van der Waals surface area contributed by atoms with Gasteiger partial charge < -0.3 is 10.2 Å².